The first-order chi connectivity index (χ1) is 15.7. The maximum Gasteiger partial charge on any atom is 0.493 e. The van der Waals surface area contributed by atoms with Gasteiger partial charge in [-0.15, -0.1) is 5.06 Å². The maximum atomic E-state index is 12.6. The molecule has 1 aromatic carbocycles. The second-order valence-electron chi connectivity index (χ2n) is 8.08. The number of halogens is 3. The van der Waals surface area contributed by atoms with Crippen LogP contribution in [0.2, 0.25) is 0 Å². The largest absolute Gasteiger partial charge is 0.493 e. The molecule has 2 rings (SSSR count). The van der Waals surface area contributed by atoms with Gasteiger partial charge in [0.2, 0.25) is 0 Å². The number of anilines is 1. The van der Waals surface area contributed by atoms with Crippen LogP contribution >= 0.6 is 0 Å². The summed E-state index contributed by atoms with van der Waals surface area (Å²) in [6.45, 7) is 4.79. The van der Waals surface area contributed by atoms with E-state index in [1.54, 1.807) is 20.8 Å². The van der Waals surface area contributed by atoms with Gasteiger partial charge in [-0.2, -0.15) is 13.2 Å². The van der Waals surface area contributed by atoms with Crippen molar-refractivity contribution in [3.63, 3.8) is 0 Å². The second kappa shape index (κ2) is 10.4. The highest BCUT2D eigenvalue weighted by atomic mass is 19.4. The minimum Gasteiger partial charge on any atom is -0.444 e. The third kappa shape index (κ3) is 7.94. The number of imide groups is 1. The van der Waals surface area contributed by atoms with Gasteiger partial charge in [-0.1, -0.05) is 12.1 Å². The molecule has 1 heterocycles. The quantitative estimate of drug-likeness (QED) is 0.435. The predicted octanol–water partition coefficient (Wildman–Crippen LogP) is 2.16. The monoisotopic (exact) mass is 489 g/mol. The summed E-state index contributed by atoms with van der Waals surface area (Å²) in [5, 5.41) is 2.63. The minimum absolute atomic E-state index is 0.00571. The lowest BCUT2D eigenvalue weighted by atomic mass is 10.1. The molecule has 1 atom stereocenters. The number of amides is 3. The molecule has 3 amide bonds. The van der Waals surface area contributed by atoms with Gasteiger partial charge in [0.1, 0.15) is 11.6 Å². The van der Waals surface area contributed by atoms with Gasteiger partial charge in [-0.3, -0.25) is 9.59 Å². The summed E-state index contributed by atoms with van der Waals surface area (Å²) < 4.78 is 41.7. The van der Waals surface area contributed by atoms with Crippen molar-refractivity contribution in [2.24, 2.45) is 0 Å². The van der Waals surface area contributed by atoms with Crippen LogP contribution in [0, 0.1) is 0 Å². The molecular formula is C20H22F3N3O8. The summed E-state index contributed by atoms with van der Waals surface area (Å²) in [6.07, 6.45) is -6.58. The standard InChI is InChI=1S/C20H22F3N3O8/c1-19(2,3)32-18(31)24-13(16(29)34-26-14(27)8-9-15(26)28)10-11-4-6-12(7-5-11)25-33-17(30)20(21,22)23/h4-7,13,25H,8-10H2,1-3H3,(H,24,31). The Labute approximate surface area is 191 Å². The van der Waals surface area contributed by atoms with Gasteiger partial charge < -0.3 is 19.7 Å². The number of rotatable bonds is 7. The summed E-state index contributed by atoms with van der Waals surface area (Å²) in [4.78, 5) is 67.8. The van der Waals surface area contributed by atoms with E-state index in [1.165, 1.54) is 24.3 Å². The van der Waals surface area contributed by atoms with E-state index in [2.05, 4.69) is 10.2 Å². The Morgan fingerprint density at radius 3 is 2.09 bits per heavy atom. The lowest BCUT2D eigenvalue weighted by molar-refractivity contribution is -0.198. The van der Waals surface area contributed by atoms with Crippen molar-refractivity contribution in [1.82, 2.24) is 10.4 Å². The van der Waals surface area contributed by atoms with Crippen LogP contribution in [0.15, 0.2) is 24.3 Å². The molecule has 1 aliphatic heterocycles. The molecule has 1 fully saturated rings. The summed E-state index contributed by atoms with van der Waals surface area (Å²) in [5.74, 6) is -4.97. The normalized spacial score (nSPS) is 14.9. The van der Waals surface area contributed by atoms with Gasteiger partial charge in [0, 0.05) is 19.3 Å². The van der Waals surface area contributed by atoms with Gasteiger partial charge in [0.25, 0.3) is 11.8 Å². The molecule has 0 radical (unpaired) electrons. The zero-order valence-electron chi connectivity index (χ0n) is 18.4. The summed E-state index contributed by atoms with van der Waals surface area (Å²) in [5.41, 5.74) is 1.34. The molecule has 1 saturated heterocycles. The molecule has 0 saturated carbocycles. The number of benzene rings is 1. The molecule has 186 valence electrons. The number of hydrogen-bond donors (Lipinski definition) is 2. The summed E-state index contributed by atoms with van der Waals surface area (Å²) >= 11 is 0. The summed E-state index contributed by atoms with van der Waals surface area (Å²) in [6, 6.07) is 3.85. The number of carbonyl (C=O) groups is 5. The number of alkyl halides is 3. The molecule has 0 bridgehead atoms. The number of alkyl carbamates (subject to hydrolysis) is 1. The van der Waals surface area contributed by atoms with Crippen LogP contribution in [0.3, 0.4) is 0 Å². The van der Waals surface area contributed by atoms with Gasteiger partial charge in [0.05, 0.1) is 5.69 Å². The first kappa shape index (κ1) is 26.4. The zero-order chi connectivity index (χ0) is 25.7. The van der Waals surface area contributed by atoms with Crippen molar-refractivity contribution < 1.29 is 51.6 Å². The molecule has 0 spiro atoms. The van der Waals surface area contributed by atoms with Gasteiger partial charge >= 0.3 is 24.2 Å². The van der Waals surface area contributed by atoms with E-state index in [-0.39, 0.29) is 24.9 Å². The van der Waals surface area contributed by atoms with E-state index in [1.807, 2.05) is 5.48 Å². The van der Waals surface area contributed by atoms with Crippen LogP contribution in [0.4, 0.5) is 23.7 Å². The Hall–Kier alpha value is -3.84. The fourth-order valence-corrected chi connectivity index (χ4v) is 2.56. The van der Waals surface area contributed by atoms with Crippen LogP contribution in [-0.4, -0.2) is 52.7 Å². The van der Waals surface area contributed by atoms with E-state index in [4.69, 9.17) is 9.57 Å². The molecule has 0 aliphatic carbocycles. The van der Waals surface area contributed by atoms with Crippen LogP contribution in [0.25, 0.3) is 0 Å². The van der Waals surface area contributed by atoms with E-state index >= 15 is 0 Å². The van der Waals surface area contributed by atoms with Crippen LogP contribution in [-0.2, 0) is 40.0 Å². The van der Waals surface area contributed by atoms with Crippen molar-refractivity contribution in [1.29, 1.82) is 0 Å². The minimum atomic E-state index is -5.17. The Bertz CT molecular complexity index is 941. The van der Waals surface area contributed by atoms with Gasteiger partial charge in [0.15, 0.2) is 0 Å². The fraction of sp³-hybridized carbons (Fsp3) is 0.450. The smallest absolute Gasteiger partial charge is 0.444 e. The topological polar surface area (TPSA) is 140 Å². The molecule has 1 unspecified atom stereocenters. The van der Waals surface area contributed by atoms with Crippen molar-refractivity contribution in [2.75, 3.05) is 5.48 Å². The molecule has 34 heavy (non-hydrogen) atoms. The number of nitrogens with zero attached hydrogens (tertiary/aromatic N) is 1. The molecule has 11 nitrogen and oxygen atoms in total. The zero-order valence-corrected chi connectivity index (χ0v) is 18.4. The number of ether oxygens (including phenoxy) is 1. The Morgan fingerprint density at radius 1 is 1.03 bits per heavy atom. The molecule has 0 aromatic heterocycles. The van der Waals surface area contributed by atoms with Crippen molar-refractivity contribution >= 4 is 35.5 Å². The molecule has 2 N–H and O–H groups in total. The lowest BCUT2D eigenvalue weighted by Crippen LogP contribution is -2.48. The average molecular weight is 489 g/mol. The van der Waals surface area contributed by atoms with E-state index < -0.39 is 47.7 Å². The highest BCUT2D eigenvalue weighted by Crippen LogP contribution is 2.19. The maximum absolute atomic E-state index is 12.6. The highest BCUT2D eigenvalue weighted by Gasteiger charge is 2.41. The third-order valence-corrected chi connectivity index (χ3v) is 4.05. The first-order valence-corrected chi connectivity index (χ1v) is 9.86. The summed E-state index contributed by atoms with van der Waals surface area (Å²) in [7, 11) is 0. The third-order valence-electron chi connectivity index (χ3n) is 4.05. The van der Waals surface area contributed by atoms with Crippen molar-refractivity contribution in [3.05, 3.63) is 29.8 Å². The Balaban J connectivity index is 2.10. The Kier molecular flexibility index (Phi) is 8.08. The van der Waals surface area contributed by atoms with Crippen LogP contribution in [0.5, 0.6) is 0 Å². The molecule has 1 aromatic rings. The number of hydrogen-bond acceptors (Lipinski definition) is 9. The van der Waals surface area contributed by atoms with E-state index in [0.717, 1.165) is 0 Å². The SMILES string of the molecule is CC(C)(C)OC(=O)NC(Cc1ccc(NOC(=O)C(F)(F)F)cc1)C(=O)ON1C(=O)CCC1=O. The number of nitrogens with one attached hydrogen (secondary N) is 2. The predicted molar refractivity (Wildman–Crippen MR) is 106 cm³/mol. The van der Waals surface area contributed by atoms with Crippen LogP contribution < -0.4 is 10.8 Å². The van der Waals surface area contributed by atoms with Gasteiger partial charge in [-0.05, 0) is 38.5 Å². The molecular weight excluding hydrogens is 467 g/mol. The van der Waals surface area contributed by atoms with E-state index in [0.29, 0.717) is 10.6 Å². The van der Waals surface area contributed by atoms with E-state index in [9.17, 15) is 37.1 Å². The average Bonchev–Trinajstić information content (AvgIpc) is 3.02. The molecule has 1 aliphatic rings. The first-order valence-electron chi connectivity index (χ1n) is 9.86. The molecule has 14 heteroatoms. The number of carbonyl (C=O) groups excluding carboxylic acids is 5. The lowest BCUT2D eigenvalue weighted by Gasteiger charge is -2.24. The van der Waals surface area contributed by atoms with Crippen molar-refractivity contribution in [3.8, 4) is 0 Å². The Morgan fingerprint density at radius 2 is 1.59 bits per heavy atom. The highest BCUT2D eigenvalue weighted by molar-refractivity contribution is 6.01. The van der Waals surface area contributed by atoms with Gasteiger partial charge in [-0.25, -0.2) is 19.9 Å². The fourth-order valence-electron chi connectivity index (χ4n) is 2.56. The second-order valence-corrected chi connectivity index (χ2v) is 8.08. The number of hydroxylamine groups is 2. The van der Waals surface area contributed by atoms with Crippen LogP contribution in [0.1, 0.15) is 39.2 Å². The van der Waals surface area contributed by atoms with Crippen molar-refractivity contribution in [2.45, 2.75) is 57.9 Å².